The molecule has 1 radical (unpaired) electrons. The number of halogens is 6. The zero-order chi connectivity index (χ0) is 28.1. The number of hydrogen-bond donors (Lipinski definition) is 4. The SMILES string of the molecule is O=S(=O)([O-])C(F)(F)F.O=S(=O)([O-])C(F)(F)F.[Cu+2].c1cn[nH]c1.c1cn[nH]c1.c1cn[nH]c1.c1cn[nH]c1. The van der Waals surface area contributed by atoms with E-state index in [9.17, 15) is 26.3 Å². The largest absolute Gasteiger partial charge is 2.00 e. The summed E-state index contributed by atoms with van der Waals surface area (Å²) in [5.41, 5.74) is -11.3. The fourth-order valence-electron chi connectivity index (χ4n) is 0.861. The van der Waals surface area contributed by atoms with Gasteiger partial charge in [-0.1, -0.05) is 0 Å². The Hall–Kier alpha value is -3.24. The molecular formula is C14H16CuF6N8O6S2. The number of H-pyrrole nitrogens is 4. The third-order valence-electron chi connectivity index (χ3n) is 2.19. The molecule has 0 spiro atoms. The zero-order valence-corrected chi connectivity index (χ0v) is 20.1. The van der Waals surface area contributed by atoms with Crippen LogP contribution in [0.15, 0.2) is 73.8 Å². The number of nitrogens with zero attached hydrogens (tertiary/aromatic N) is 4. The first kappa shape index (κ1) is 38.3. The molecule has 23 heteroatoms. The van der Waals surface area contributed by atoms with Crippen molar-refractivity contribution in [2.75, 3.05) is 0 Å². The van der Waals surface area contributed by atoms with E-state index in [1.54, 1.807) is 49.6 Å². The molecular weight excluding hydrogens is 618 g/mol. The van der Waals surface area contributed by atoms with E-state index < -0.39 is 31.3 Å². The van der Waals surface area contributed by atoms with Crippen LogP contribution < -0.4 is 0 Å². The van der Waals surface area contributed by atoms with E-state index in [-0.39, 0.29) is 17.1 Å². The predicted octanol–water partition coefficient (Wildman–Crippen LogP) is 1.74. The van der Waals surface area contributed by atoms with Gasteiger partial charge in [0, 0.05) is 49.6 Å². The van der Waals surface area contributed by atoms with Crippen LogP contribution in [0.3, 0.4) is 0 Å². The molecule has 0 bridgehead atoms. The van der Waals surface area contributed by atoms with Crippen molar-refractivity contribution < 1.29 is 69.4 Å². The van der Waals surface area contributed by atoms with Crippen molar-refractivity contribution in [2.45, 2.75) is 11.0 Å². The summed E-state index contributed by atoms with van der Waals surface area (Å²) >= 11 is 0. The molecule has 0 aromatic carbocycles. The summed E-state index contributed by atoms with van der Waals surface area (Å²) in [4.78, 5) is 0. The Balaban J connectivity index is -0.000000377. The molecule has 4 N–H and O–H groups in total. The second kappa shape index (κ2) is 19.9. The fourth-order valence-corrected chi connectivity index (χ4v) is 0.861. The summed E-state index contributed by atoms with van der Waals surface area (Å²) in [6, 6.07) is 7.33. The predicted molar refractivity (Wildman–Crippen MR) is 106 cm³/mol. The number of rotatable bonds is 0. The minimum Gasteiger partial charge on any atom is -0.741 e. The van der Waals surface area contributed by atoms with Gasteiger partial charge in [-0.3, -0.25) is 20.4 Å². The minimum atomic E-state index is -6.09. The van der Waals surface area contributed by atoms with Crippen molar-refractivity contribution in [3.63, 3.8) is 0 Å². The van der Waals surface area contributed by atoms with Crippen LogP contribution in [0, 0.1) is 0 Å². The number of alkyl halides is 6. The van der Waals surface area contributed by atoms with Crippen LogP contribution >= 0.6 is 0 Å². The van der Waals surface area contributed by atoms with Gasteiger partial charge in [0.2, 0.25) is 0 Å². The topological polar surface area (TPSA) is 229 Å². The fraction of sp³-hybridized carbons (Fsp3) is 0.143. The van der Waals surface area contributed by atoms with Gasteiger partial charge in [-0.05, 0) is 24.3 Å². The number of nitrogens with one attached hydrogen (secondary N) is 4. The molecule has 0 saturated carbocycles. The quantitative estimate of drug-likeness (QED) is 0.0948. The molecule has 0 unspecified atom stereocenters. The summed E-state index contributed by atoms with van der Waals surface area (Å²) in [5.74, 6) is 0. The Morgan fingerprint density at radius 2 is 0.676 bits per heavy atom. The number of aromatic nitrogens is 8. The van der Waals surface area contributed by atoms with Crippen LogP contribution in [0.1, 0.15) is 0 Å². The number of hydrogen-bond acceptors (Lipinski definition) is 10. The second-order valence-corrected chi connectivity index (χ2v) is 7.61. The van der Waals surface area contributed by atoms with E-state index in [4.69, 9.17) is 25.9 Å². The van der Waals surface area contributed by atoms with Gasteiger partial charge >= 0.3 is 28.1 Å². The third-order valence-corrected chi connectivity index (χ3v) is 3.32. The van der Waals surface area contributed by atoms with Crippen molar-refractivity contribution in [3.8, 4) is 0 Å². The summed E-state index contributed by atoms with van der Waals surface area (Å²) in [6.45, 7) is 0. The maximum atomic E-state index is 10.7. The Labute approximate surface area is 215 Å². The molecule has 4 aromatic heterocycles. The summed E-state index contributed by atoms with van der Waals surface area (Å²) < 4.78 is 118. The van der Waals surface area contributed by atoms with Crippen molar-refractivity contribution >= 4 is 20.2 Å². The summed E-state index contributed by atoms with van der Waals surface area (Å²) in [6.07, 6.45) is 13.8. The summed E-state index contributed by atoms with van der Waals surface area (Å²) in [7, 11) is -12.2. The standard InChI is InChI=1S/4C3H4N2.2CHF3O3S.Cu/c4*1-2-4-5-3-1;2*2-1(3,4)8(5,6)7;/h4*1-3H,(H,4,5);2*(H,5,6,7);/q;;;;;;+2/p-2. The molecule has 4 heterocycles. The van der Waals surface area contributed by atoms with Gasteiger partial charge in [0.15, 0.2) is 20.2 Å². The van der Waals surface area contributed by atoms with Crippen molar-refractivity contribution in [1.82, 2.24) is 40.8 Å². The van der Waals surface area contributed by atoms with Crippen molar-refractivity contribution in [1.29, 1.82) is 0 Å². The maximum Gasteiger partial charge on any atom is 2.00 e. The van der Waals surface area contributed by atoms with E-state index in [1.165, 1.54) is 0 Å². The van der Waals surface area contributed by atoms with Gasteiger partial charge < -0.3 is 9.11 Å². The molecule has 0 amide bonds. The average Bonchev–Trinajstić information content (AvgIpc) is 3.58. The van der Waals surface area contributed by atoms with Crippen molar-refractivity contribution in [2.24, 2.45) is 0 Å². The molecule has 4 aromatic rings. The molecule has 0 aliphatic carbocycles. The van der Waals surface area contributed by atoms with E-state index in [0.717, 1.165) is 0 Å². The molecule has 14 nitrogen and oxygen atoms in total. The average molecular weight is 634 g/mol. The van der Waals surface area contributed by atoms with E-state index in [2.05, 4.69) is 40.8 Å². The molecule has 0 aliphatic heterocycles. The van der Waals surface area contributed by atoms with Gasteiger partial charge in [0.25, 0.3) is 0 Å². The first-order valence-corrected chi connectivity index (χ1v) is 11.1. The van der Waals surface area contributed by atoms with Crippen LogP contribution in [-0.2, 0) is 37.3 Å². The smallest absolute Gasteiger partial charge is 0.741 e. The first-order chi connectivity index (χ1) is 16.5. The molecule has 213 valence electrons. The Morgan fingerprint density at radius 1 is 0.514 bits per heavy atom. The molecule has 37 heavy (non-hydrogen) atoms. The molecule has 4 rings (SSSR count). The minimum absolute atomic E-state index is 0. The summed E-state index contributed by atoms with van der Waals surface area (Å²) in [5, 5.41) is 24.8. The van der Waals surface area contributed by atoms with Gasteiger partial charge in [0.05, 0.1) is 0 Å². The van der Waals surface area contributed by atoms with Crippen LogP contribution in [0.4, 0.5) is 26.3 Å². The Kier molecular flexibility index (Phi) is 20.6. The van der Waals surface area contributed by atoms with E-state index >= 15 is 0 Å². The molecule has 0 atom stereocenters. The van der Waals surface area contributed by atoms with Gasteiger partial charge in [0.1, 0.15) is 0 Å². The number of aromatic amines is 4. The van der Waals surface area contributed by atoms with Crippen LogP contribution in [0.2, 0.25) is 0 Å². The van der Waals surface area contributed by atoms with E-state index in [0.29, 0.717) is 0 Å². The van der Waals surface area contributed by atoms with Gasteiger partial charge in [-0.15, -0.1) is 0 Å². The van der Waals surface area contributed by atoms with Crippen LogP contribution in [-0.4, -0.2) is 77.7 Å². The Morgan fingerprint density at radius 3 is 0.703 bits per heavy atom. The van der Waals surface area contributed by atoms with Crippen LogP contribution in [0.25, 0.3) is 0 Å². The molecule has 0 aliphatic rings. The molecule has 0 fully saturated rings. The third kappa shape index (κ3) is 25.7. The molecule has 0 saturated heterocycles. The van der Waals surface area contributed by atoms with Gasteiger partial charge in [-0.2, -0.15) is 46.7 Å². The van der Waals surface area contributed by atoms with E-state index in [1.807, 2.05) is 24.3 Å². The Bertz CT molecular complexity index is 941. The zero-order valence-electron chi connectivity index (χ0n) is 17.6. The van der Waals surface area contributed by atoms with Crippen molar-refractivity contribution in [3.05, 3.63) is 73.8 Å². The maximum absolute atomic E-state index is 10.7. The normalized spacial score (nSPS) is 10.4. The monoisotopic (exact) mass is 633 g/mol. The first-order valence-electron chi connectivity index (χ1n) is 8.29. The second-order valence-electron chi connectivity index (χ2n) is 4.87. The van der Waals surface area contributed by atoms with Crippen LogP contribution in [0.5, 0.6) is 0 Å². The van der Waals surface area contributed by atoms with Gasteiger partial charge in [-0.25, -0.2) is 16.8 Å².